The molecule has 1 aliphatic carbocycles. The minimum absolute atomic E-state index is 0.0126. The maximum absolute atomic E-state index is 12.8. The summed E-state index contributed by atoms with van der Waals surface area (Å²) >= 11 is 0. The van der Waals surface area contributed by atoms with Gasteiger partial charge in [0.2, 0.25) is 15.9 Å². The van der Waals surface area contributed by atoms with Gasteiger partial charge in [-0.3, -0.25) is 9.59 Å². The van der Waals surface area contributed by atoms with Gasteiger partial charge in [0.05, 0.1) is 11.4 Å². The Bertz CT molecular complexity index is 1140. The number of nitrogens with zero attached hydrogens (tertiary/aromatic N) is 1. The lowest BCUT2D eigenvalue weighted by molar-refractivity contribution is -0.116. The largest absolute Gasteiger partial charge is 0.448 e. The molecule has 0 atom stereocenters. The number of carbonyl (C=O) groups excluding carboxylic acids is 2. The molecule has 0 bridgehead atoms. The standard InChI is InChI=1S/C23H26N2O6S/c1-16(26)17-6-9-19(10-7-17)32(28,29)25(2)15-22(27)24-18-8-11-20-21(14-18)31-23(30-20)12-4-3-5-13-23/h6-11,14H,3-5,12-13,15H2,1-2H3,(H,24,27). The van der Waals surface area contributed by atoms with Crippen LogP contribution in [0.25, 0.3) is 0 Å². The van der Waals surface area contributed by atoms with Gasteiger partial charge in [-0.15, -0.1) is 0 Å². The van der Waals surface area contributed by atoms with Crippen LogP contribution in [-0.4, -0.2) is 43.8 Å². The number of ether oxygens (including phenoxy) is 2. The first-order chi connectivity index (χ1) is 15.2. The number of carbonyl (C=O) groups is 2. The first-order valence-corrected chi connectivity index (χ1v) is 12.0. The molecule has 2 aromatic carbocycles. The van der Waals surface area contributed by atoms with Crippen LogP contribution in [-0.2, 0) is 14.8 Å². The molecule has 1 N–H and O–H groups in total. The Hall–Kier alpha value is -2.91. The van der Waals surface area contributed by atoms with Crippen LogP contribution < -0.4 is 14.8 Å². The summed E-state index contributed by atoms with van der Waals surface area (Å²) < 4.78 is 38.6. The van der Waals surface area contributed by atoms with E-state index in [0.717, 1.165) is 30.0 Å². The summed E-state index contributed by atoms with van der Waals surface area (Å²) in [5, 5.41) is 2.72. The molecule has 1 aliphatic heterocycles. The Morgan fingerprint density at radius 3 is 2.31 bits per heavy atom. The fourth-order valence-corrected chi connectivity index (χ4v) is 5.12. The number of Topliss-reactive ketones (excluding diaryl/α,β-unsaturated/α-hetero) is 1. The molecule has 1 heterocycles. The minimum Gasteiger partial charge on any atom is -0.448 e. The first-order valence-electron chi connectivity index (χ1n) is 10.6. The molecule has 4 rings (SSSR count). The molecule has 170 valence electrons. The Labute approximate surface area is 187 Å². The third kappa shape index (κ3) is 4.49. The molecule has 2 aliphatic rings. The number of ketones is 1. The lowest BCUT2D eigenvalue weighted by atomic mass is 9.94. The zero-order chi connectivity index (χ0) is 22.9. The van der Waals surface area contributed by atoms with Crippen molar-refractivity contribution in [2.24, 2.45) is 0 Å². The summed E-state index contributed by atoms with van der Waals surface area (Å²) in [7, 11) is -2.55. The fourth-order valence-electron chi connectivity index (χ4n) is 4.00. The summed E-state index contributed by atoms with van der Waals surface area (Å²) in [5.41, 5.74) is 0.920. The smallest absolute Gasteiger partial charge is 0.251 e. The van der Waals surface area contributed by atoms with E-state index in [1.54, 1.807) is 18.2 Å². The zero-order valence-corrected chi connectivity index (χ0v) is 18.9. The quantitative estimate of drug-likeness (QED) is 0.664. The maximum atomic E-state index is 12.8. The summed E-state index contributed by atoms with van der Waals surface area (Å²) in [6.07, 6.45) is 4.94. The van der Waals surface area contributed by atoms with Crippen LogP contribution in [0.3, 0.4) is 0 Å². The van der Waals surface area contributed by atoms with Crippen molar-refractivity contribution in [2.45, 2.75) is 49.7 Å². The van der Waals surface area contributed by atoms with Crippen molar-refractivity contribution < 1.29 is 27.5 Å². The monoisotopic (exact) mass is 458 g/mol. The highest BCUT2D eigenvalue weighted by molar-refractivity contribution is 7.89. The molecule has 32 heavy (non-hydrogen) atoms. The molecule has 0 saturated heterocycles. The van der Waals surface area contributed by atoms with Crippen LogP contribution in [0.4, 0.5) is 5.69 Å². The van der Waals surface area contributed by atoms with Crippen LogP contribution in [0.5, 0.6) is 11.5 Å². The molecule has 0 aromatic heterocycles. The van der Waals surface area contributed by atoms with E-state index in [2.05, 4.69) is 5.32 Å². The minimum atomic E-state index is -3.88. The fraction of sp³-hybridized carbons (Fsp3) is 0.391. The van der Waals surface area contributed by atoms with Gasteiger partial charge >= 0.3 is 0 Å². The van der Waals surface area contributed by atoms with Gasteiger partial charge in [0.25, 0.3) is 5.79 Å². The number of rotatable bonds is 6. The molecule has 1 fully saturated rings. The number of amides is 1. The van der Waals surface area contributed by atoms with E-state index in [1.165, 1.54) is 44.7 Å². The third-order valence-electron chi connectivity index (χ3n) is 5.77. The number of nitrogens with one attached hydrogen (secondary N) is 1. The lowest BCUT2D eigenvalue weighted by Crippen LogP contribution is -2.40. The molecule has 0 unspecified atom stereocenters. The topological polar surface area (TPSA) is 102 Å². The van der Waals surface area contributed by atoms with Crippen LogP contribution in [0.2, 0.25) is 0 Å². The van der Waals surface area contributed by atoms with E-state index in [-0.39, 0.29) is 17.2 Å². The number of likely N-dealkylation sites (N-methyl/N-ethyl adjacent to an activating group) is 1. The summed E-state index contributed by atoms with van der Waals surface area (Å²) in [5.74, 6) is -0.00699. The predicted octanol–water partition coefficient (Wildman–Crippen LogP) is 3.58. The third-order valence-corrected chi connectivity index (χ3v) is 7.59. The van der Waals surface area contributed by atoms with Gasteiger partial charge in [-0.2, -0.15) is 4.31 Å². The summed E-state index contributed by atoms with van der Waals surface area (Å²) in [6.45, 7) is 1.04. The van der Waals surface area contributed by atoms with Gasteiger partial charge in [0, 0.05) is 37.2 Å². The van der Waals surface area contributed by atoms with Crippen LogP contribution >= 0.6 is 0 Å². The first kappa shape index (κ1) is 22.3. The zero-order valence-electron chi connectivity index (χ0n) is 18.1. The second-order valence-corrected chi connectivity index (χ2v) is 10.3. The highest BCUT2D eigenvalue weighted by Gasteiger charge is 2.42. The van der Waals surface area contributed by atoms with Gasteiger partial charge in [-0.1, -0.05) is 18.6 Å². The van der Waals surface area contributed by atoms with E-state index in [4.69, 9.17) is 9.47 Å². The van der Waals surface area contributed by atoms with Crippen molar-refractivity contribution in [3.63, 3.8) is 0 Å². The highest BCUT2D eigenvalue weighted by atomic mass is 32.2. The highest BCUT2D eigenvalue weighted by Crippen LogP contribution is 2.46. The Morgan fingerprint density at radius 2 is 1.66 bits per heavy atom. The normalized spacial score (nSPS) is 16.8. The number of sulfonamides is 1. The van der Waals surface area contributed by atoms with E-state index in [0.29, 0.717) is 22.7 Å². The SMILES string of the molecule is CC(=O)c1ccc(S(=O)(=O)N(C)CC(=O)Nc2ccc3c(c2)OC2(CCCCC2)O3)cc1. The van der Waals surface area contributed by atoms with Crippen molar-refractivity contribution in [3.05, 3.63) is 48.0 Å². The predicted molar refractivity (Wildman–Crippen MR) is 118 cm³/mol. The number of benzene rings is 2. The van der Waals surface area contributed by atoms with E-state index in [9.17, 15) is 18.0 Å². The van der Waals surface area contributed by atoms with Gasteiger partial charge in [0.1, 0.15) is 0 Å². The van der Waals surface area contributed by atoms with Crippen molar-refractivity contribution in [1.82, 2.24) is 4.31 Å². The summed E-state index contributed by atoms with van der Waals surface area (Å²) in [6, 6.07) is 10.8. The second-order valence-electron chi connectivity index (χ2n) is 8.23. The molecule has 1 saturated carbocycles. The molecule has 2 aromatic rings. The summed E-state index contributed by atoms with van der Waals surface area (Å²) in [4.78, 5) is 23.9. The van der Waals surface area contributed by atoms with Crippen molar-refractivity contribution in [3.8, 4) is 11.5 Å². The number of hydrogen-bond acceptors (Lipinski definition) is 6. The van der Waals surface area contributed by atoms with Crippen LogP contribution in [0.15, 0.2) is 47.4 Å². The molecule has 1 amide bonds. The molecule has 8 nitrogen and oxygen atoms in total. The second kappa shape index (κ2) is 8.55. The number of anilines is 1. The van der Waals surface area contributed by atoms with Gasteiger partial charge in [-0.25, -0.2) is 8.42 Å². The van der Waals surface area contributed by atoms with Crippen LogP contribution in [0, 0.1) is 0 Å². The Balaban J connectivity index is 1.40. The Kier molecular flexibility index (Phi) is 5.96. The molecule has 1 spiro atoms. The molecule has 0 radical (unpaired) electrons. The number of hydrogen-bond donors (Lipinski definition) is 1. The van der Waals surface area contributed by atoms with Crippen molar-refractivity contribution >= 4 is 27.4 Å². The number of fused-ring (bicyclic) bond motifs is 1. The van der Waals surface area contributed by atoms with Crippen LogP contribution in [0.1, 0.15) is 49.4 Å². The van der Waals surface area contributed by atoms with Crippen molar-refractivity contribution in [2.75, 3.05) is 18.9 Å². The maximum Gasteiger partial charge on any atom is 0.251 e. The van der Waals surface area contributed by atoms with Gasteiger partial charge < -0.3 is 14.8 Å². The Morgan fingerprint density at radius 1 is 1.00 bits per heavy atom. The van der Waals surface area contributed by atoms with Gasteiger partial charge in [-0.05, 0) is 44.0 Å². The van der Waals surface area contributed by atoms with E-state index < -0.39 is 21.7 Å². The lowest BCUT2D eigenvalue weighted by Gasteiger charge is -2.31. The average molecular weight is 459 g/mol. The average Bonchev–Trinajstić information content (AvgIpc) is 3.10. The molecule has 9 heteroatoms. The molecular formula is C23H26N2O6S. The van der Waals surface area contributed by atoms with E-state index in [1.807, 2.05) is 0 Å². The molecular weight excluding hydrogens is 432 g/mol. The van der Waals surface area contributed by atoms with Gasteiger partial charge in [0.15, 0.2) is 17.3 Å². The van der Waals surface area contributed by atoms with Crippen molar-refractivity contribution in [1.29, 1.82) is 0 Å². The van der Waals surface area contributed by atoms with E-state index >= 15 is 0 Å².